The molecule has 0 saturated carbocycles. The average Bonchev–Trinajstić information content (AvgIpc) is 2.55. The summed E-state index contributed by atoms with van der Waals surface area (Å²) in [6.07, 6.45) is 5.10. The van der Waals surface area contributed by atoms with Gasteiger partial charge in [-0.05, 0) is 49.1 Å². The van der Waals surface area contributed by atoms with Crippen LogP contribution in [0.1, 0.15) is 22.3 Å². The molecule has 0 amide bonds. The molecule has 0 saturated heterocycles. The summed E-state index contributed by atoms with van der Waals surface area (Å²) in [4.78, 5) is 0. The maximum absolute atomic E-state index is 5.39. The van der Waals surface area contributed by atoms with Crippen molar-refractivity contribution < 1.29 is 14.2 Å². The highest BCUT2D eigenvalue weighted by molar-refractivity contribution is 5.57. The van der Waals surface area contributed by atoms with E-state index in [1.54, 1.807) is 21.3 Å². The van der Waals surface area contributed by atoms with E-state index >= 15 is 0 Å². The fraction of sp³-hybridized carbons (Fsp3) is 0.300. The monoisotopic (exact) mass is 312 g/mol. The van der Waals surface area contributed by atoms with Gasteiger partial charge in [-0.15, -0.1) is 0 Å². The van der Waals surface area contributed by atoms with E-state index in [4.69, 9.17) is 14.2 Å². The van der Waals surface area contributed by atoms with E-state index < -0.39 is 0 Å². The normalized spacial score (nSPS) is 10.8. The Morgan fingerprint density at radius 1 is 0.870 bits per heavy atom. The van der Waals surface area contributed by atoms with Gasteiger partial charge in [-0.3, -0.25) is 0 Å². The van der Waals surface area contributed by atoms with Crippen LogP contribution in [0.3, 0.4) is 0 Å². The number of benzene rings is 2. The fourth-order valence-electron chi connectivity index (χ4n) is 2.59. The molecule has 0 aromatic heterocycles. The molecule has 0 aliphatic carbocycles. The lowest BCUT2D eigenvalue weighted by atomic mass is 10.0. The predicted molar refractivity (Wildman–Crippen MR) is 94.8 cm³/mol. The van der Waals surface area contributed by atoms with Crippen LogP contribution in [0.15, 0.2) is 36.4 Å². The minimum atomic E-state index is 0.622. The number of hydrogen-bond donors (Lipinski definition) is 0. The maximum Gasteiger partial charge on any atom is 0.203 e. The summed E-state index contributed by atoms with van der Waals surface area (Å²) in [5, 5.41) is 0. The van der Waals surface area contributed by atoms with Gasteiger partial charge in [0.1, 0.15) is 0 Å². The molecule has 3 nitrogen and oxygen atoms in total. The second-order valence-corrected chi connectivity index (χ2v) is 5.50. The van der Waals surface area contributed by atoms with Crippen LogP contribution < -0.4 is 14.2 Å². The third kappa shape index (κ3) is 4.07. The largest absolute Gasteiger partial charge is 0.493 e. The summed E-state index contributed by atoms with van der Waals surface area (Å²) in [6.45, 7) is 4.24. The molecule has 0 bridgehead atoms. The lowest BCUT2D eigenvalue weighted by Gasteiger charge is -2.13. The van der Waals surface area contributed by atoms with Crippen LogP contribution in [0, 0.1) is 13.8 Å². The second-order valence-electron chi connectivity index (χ2n) is 5.50. The molecule has 2 aromatic rings. The quantitative estimate of drug-likeness (QED) is 0.781. The minimum absolute atomic E-state index is 0.622. The van der Waals surface area contributed by atoms with E-state index in [1.807, 2.05) is 12.1 Å². The molecule has 0 aliphatic heterocycles. The minimum Gasteiger partial charge on any atom is -0.493 e. The first-order chi connectivity index (χ1) is 11.1. The Bertz CT molecular complexity index is 677. The molecule has 0 fully saturated rings. The molecule has 0 aliphatic rings. The Hall–Kier alpha value is -2.42. The van der Waals surface area contributed by atoms with Crippen LogP contribution in [-0.4, -0.2) is 21.3 Å². The van der Waals surface area contributed by atoms with Gasteiger partial charge in [0.15, 0.2) is 11.5 Å². The fourth-order valence-corrected chi connectivity index (χ4v) is 2.59. The first-order valence-corrected chi connectivity index (χ1v) is 7.61. The van der Waals surface area contributed by atoms with Crippen molar-refractivity contribution in [2.24, 2.45) is 0 Å². The molecular formula is C20H24O3. The number of methoxy groups -OCH3 is 3. The summed E-state index contributed by atoms with van der Waals surface area (Å²) in [6, 6.07) is 10.4. The number of allylic oxidation sites excluding steroid dienone is 1. The van der Waals surface area contributed by atoms with E-state index in [2.05, 4.69) is 44.2 Å². The van der Waals surface area contributed by atoms with Gasteiger partial charge < -0.3 is 14.2 Å². The van der Waals surface area contributed by atoms with Gasteiger partial charge in [0.05, 0.1) is 21.3 Å². The van der Waals surface area contributed by atoms with Crippen LogP contribution in [0.5, 0.6) is 17.2 Å². The standard InChI is InChI=1S/C20H24O3/c1-14-9-10-17(15(2)11-14)8-6-7-16-12-18(21-3)20(23-5)19(13-16)22-4/h6,8-13H,7H2,1-5H3. The third-order valence-corrected chi connectivity index (χ3v) is 3.80. The molecule has 122 valence electrons. The Morgan fingerprint density at radius 3 is 2.04 bits per heavy atom. The summed E-state index contributed by atoms with van der Waals surface area (Å²) in [5.74, 6) is 1.99. The summed E-state index contributed by atoms with van der Waals surface area (Å²) in [7, 11) is 4.87. The summed E-state index contributed by atoms with van der Waals surface area (Å²) >= 11 is 0. The first kappa shape index (κ1) is 16.9. The van der Waals surface area contributed by atoms with Gasteiger partial charge in [-0.2, -0.15) is 0 Å². The lowest BCUT2D eigenvalue weighted by Crippen LogP contribution is -1.96. The molecule has 2 aromatic carbocycles. The zero-order valence-electron chi connectivity index (χ0n) is 14.5. The molecule has 0 heterocycles. The van der Waals surface area contributed by atoms with Gasteiger partial charge in [0, 0.05) is 0 Å². The van der Waals surface area contributed by atoms with Crippen LogP contribution in [-0.2, 0) is 6.42 Å². The van der Waals surface area contributed by atoms with Gasteiger partial charge in [-0.1, -0.05) is 35.9 Å². The molecule has 0 radical (unpaired) electrons. The molecule has 23 heavy (non-hydrogen) atoms. The van der Waals surface area contributed by atoms with Crippen molar-refractivity contribution in [3.63, 3.8) is 0 Å². The van der Waals surface area contributed by atoms with Gasteiger partial charge >= 0.3 is 0 Å². The Balaban J connectivity index is 2.21. The smallest absolute Gasteiger partial charge is 0.203 e. The van der Waals surface area contributed by atoms with Crippen molar-refractivity contribution in [1.29, 1.82) is 0 Å². The average molecular weight is 312 g/mol. The summed E-state index contributed by atoms with van der Waals surface area (Å²) < 4.78 is 16.1. The maximum atomic E-state index is 5.39. The topological polar surface area (TPSA) is 27.7 Å². The van der Waals surface area contributed by atoms with E-state index in [0.29, 0.717) is 17.2 Å². The Morgan fingerprint density at radius 2 is 1.52 bits per heavy atom. The van der Waals surface area contributed by atoms with Crippen molar-refractivity contribution in [1.82, 2.24) is 0 Å². The number of rotatable bonds is 6. The number of ether oxygens (including phenoxy) is 3. The molecule has 0 unspecified atom stereocenters. The van der Waals surface area contributed by atoms with Gasteiger partial charge in [-0.25, -0.2) is 0 Å². The first-order valence-electron chi connectivity index (χ1n) is 7.61. The lowest BCUT2D eigenvalue weighted by molar-refractivity contribution is 0.324. The van der Waals surface area contributed by atoms with E-state index in [-0.39, 0.29) is 0 Å². The Labute approximate surface area is 138 Å². The summed E-state index contributed by atoms with van der Waals surface area (Å²) in [5.41, 5.74) is 4.92. The zero-order valence-corrected chi connectivity index (χ0v) is 14.5. The van der Waals surface area contributed by atoms with Crippen LogP contribution in [0.4, 0.5) is 0 Å². The predicted octanol–water partition coefficient (Wildman–Crippen LogP) is 4.59. The van der Waals surface area contributed by atoms with Gasteiger partial charge in [0.2, 0.25) is 5.75 Å². The van der Waals surface area contributed by atoms with Crippen LogP contribution in [0.25, 0.3) is 6.08 Å². The highest BCUT2D eigenvalue weighted by Gasteiger charge is 2.12. The van der Waals surface area contributed by atoms with Crippen molar-refractivity contribution >= 4 is 6.08 Å². The van der Waals surface area contributed by atoms with Crippen LogP contribution >= 0.6 is 0 Å². The molecule has 0 N–H and O–H groups in total. The van der Waals surface area contributed by atoms with Gasteiger partial charge in [0.25, 0.3) is 0 Å². The van der Waals surface area contributed by atoms with E-state index in [1.165, 1.54) is 16.7 Å². The van der Waals surface area contributed by atoms with Crippen molar-refractivity contribution in [2.75, 3.05) is 21.3 Å². The number of hydrogen-bond acceptors (Lipinski definition) is 3. The van der Waals surface area contributed by atoms with Crippen LogP contribution in [0.2, 0.25) is 0 Å². The third-order valence-electron chi connectivity index (χ3n) is 3.80. The molecule has 3 heteroatoms. The Kier molecular flexibility index (Phi) is 5.69. The molecule has 0 spiro atoms. The second kappa shape index (κ2) is 7.73. The van der Waals surface area contributed by atoms with E-state index in [9.17, 15) is 0 Å². The molecular weight excluding hydrogens is 288 g/mol. The highest BCUT2D eigenvalue weighted by Crippen LogP contribution is 2.38. The van der Waals surface area contributed by atoms with E-state index in [0.717, 1.165) is 12.0 Å². The molecule has 2 rings (SSSR count). The van der Waals surface area contributed by atoms with Crippen molar-refractivity contribution in [3.8, 4) is 17.2 Å². The van der Waals surface area contributed by atoms with Crippen molar-refractivity contribution in [3.05, 3.63) is 58.7 Å². The number of aryl methyl sites for hydroxylation is 2. The van der Waals surface area contributed by atoms with Crippen molar-refractivity contribution in [2.45, 2.75) is 20.3 Å². The SMILES string of the molecule is COc1cc(CC=Cc2ccc(C)cc2C)cc(OC)c1OC. The zero-order chi connectivity index (χ0) is 16.8. The molecule has 0 atom stereocenters. The highest BCUT2D eigenvalue weighted by atomic mass is 16.5.